The Morgan fingerprint density at radius 2 is 1.91 bits per heavy atom. The van der Waals surface area contributed by atoms with Crippen LogP contribution < -0.4 is 10.2 Å². The van der Waals surface area contributed by atoms with E-state index in [-0.39, 0.29) is 12.3 Å². The molecule has 0 aliphatic carbocycles. The van der Waals surface area contributed by atoms with Gasteiger partial charge in [0.25, 0.3) is 0 Å². The van der Waals surface area contributed by atoms with E-state index in [0.29, 0.717) is 23.1 Å². The van der Waals surface area contributed by atoms with Crippen molar-refractivity contribution in [2.75, 3.05) is 6.61 Å². The van der Waals surface area contributed by atoms with Gasteiger partial charge >= 0.3 is 0 Å². The molecule has 174 valence electrons. The first kappa shape index (κ1) is 24.8. The third kappa shape index (κ3) is 6.38. The fraction of sp³-hybridized carbons (Fsp3) is 0.280. The van der Waals surface area contributed by atoms with Crippen molar-refractivity contribution in [2.24, 2.45) is 5.10 Å². The highest BCUT2D eigenvalue weighted by molar-refractivity contribution is 6.35. The summed E-state index contributed by atoms with van der Waals surface area (Å²) >= 11 is 12.4. The molecule has 0 fully saturated rings. The van der Waals surface area contributed by atoms with Crippen LogP contribution in [0.3, 0.4) is 0 Å². The Bertz CT molecular complexity index is 1140. The lowest BCUT2D eigenvalue weighted by molar-refractivity contribution is -0.121. The van der Waals surface area contributed by atoms with Crippen molar-refractivity contribution in [1.29, 1.82) is 0 Å². The van der Waals surface area contributed by atoms with Crippen molar-refractivity contribution >= 4 is 35.3 Å². The van der Waals surface area contributed by atoms with Gasteiger partial charge in [0.15, 0.2) is 0 Å². The zero-order valence-electron chi connectivity index (χ0n) is 18.8. The van der Waals surface area contributed by atoms with Gasteiger partial charge < -0.3 is 14.4 Å². The second-order valence-electron chi connectivity index (χ2n) is 7.61. The number of nitrogens with one attached hydrogen (secondary N) is 1. The van der Waals surface area contributed by atoms with Crippen LogP contribution in [0.5, 0.6) is 5.75 Å². The van der Waals surface area contributed by atoms with Crippen molar-refractivity contribution in [1.82, 2.24) is 9.99 Å². The molecule has 2 aromatic carbocycles. The van der Waals surface area contributed by atoms with Crippen molar-refractivity contribution in [3.63, 3.8) is 0 Å². The molecular formula is C25H27Cl2N3O3. The minimum atomic E-state index is -0.738. The van der Waals surface area contributed by atoms with Crippen molar-refractivity contribution in [3.05, 3.63) is 81.1 Å². The first-order chi connectivity index (χ1) is 15.8. The average molecular weight is 488 g/mol. The second kappa shape index (κ2) is 11.4. The molecule has 0 unspecified atom stereocenters. The van der Waals surface area contributed by atoms with Gasteiger partial charge in [-0.3, -0.25) is 4.79 Å². The van der Waals surface area contributed by atoms with Crippen LogP contribution >= 0.6 is 23.2 Å². The average Bonchev–Trinajstić information content (AvgIpc) is 3.06. The predicted octanol–water partition coefficient (Wildman–Crippen LogP) is 5.76. The van der Waals surface area contributed by atoms with Crippen LogP contribution in [0, 0.1) is 13.8 Å². The number of hydrogen-bond acceptors (Lipinski definition) is 4. The van der Waals surface area contributed by atoms with Gasteiger partial charge in [-0.25, -0.2) is 5.43 Å². The van der Waals surface area contributed by atoms with E-state index in [1.165, 1.54) is 0 Å². The predicted molar refractivity (Wildman–Crippen MR) is 133 cm³/mol. The van der Waals surface area contributed by atoms with Crippen molar-refractivity contribution in [3.8, 4) is 11.4 Å². The van der Waals surface area contributed by atoms with E-state index in [4.69, 9.17) is 27.9 Å². The summed E-state index contributed by atoms with van der Waals surface area (Å²) in [6.45, 7) is 6.42. The van der Waals surface area contributed by atoms with Gasteiger partial charge in [-0.15, -0.1) is 0 Å². The van der Waals surface area contributed by atoms with Gasteiger partial charge in [-0.05, 0) is 69.2 Å². The fourth-order valence-corrected chi connectivity index (χ4v) is 4.06. The molecule has 8 heteroatoms. The van der Waals surface area contributed by atoms with E-state index in [0.717, 1.165) is 34.0 Å². The summed E-state index contributed by atoms with van der Waals surface area (Å²) in [4.78, 5) is 12.2. The molecule has 6 nitrogen and oxygen atoms in total. The fourth-order valence-electron chi connectivity index (χ4n) is 3.57. The highest BCUT2D eigenvalue weighted by atomic mass is 35.5. The highest BCUT2D eigenvalue weighted by Crippen LogP contribution is 2.28. The summed E-state index contributed by atoms with van der Waals surface area (Å²) in [6, 6.07) is 14.5. The number of hydrogen-bond donors (Lipinski definition) is 2. The van der Waals surface area contributed by atoms with E-state index in [1.54, 1.807) is 42.6 Å². The molecule has 3 aromatic rings. The number of hydrazone groups is 1. The lowest BCUT2D eigenvalue weighted by atomic mass is 10.0. The Balaban J connectivity index is 1.57. The van der Waals surface area contributed by atoms with Crippen LogP contribution in [0.1, 0.15) is 48.4 Å². The van der Waals surface area contributed by atoms with E-state index < -0.39 is 6.10 Å². The minimum absolute atomic E-state index is 0.144. The number of benzene rings is 2. The number of rotatable bonds is 9. The van der Waals surface area contributed by atoms with Crippen LogP contribution in [-0.4, -0.2) is 28.4 Å². The summed E-state index contributed by atoms with van der Waals surface area (Å²) in [7, 11) is 0. The third-order valence-electron chi connectivity index (χ3n) is 5.23. The maximum atomic E-state index is 12.2. The zero-order valence-corrected chi connectivity index (χ0v) is 20.3. The van der Waals surface area contributed by atoms with E-state index >= 15 is 0 Å². The van der Waals surface area contributed by atoms with E-state index in [1.807, 2.05) is 37.5 Å². The van der Waals surface area contributed by atoms with Gasteiger partial charge in [0, 0.05) is 28.4 Å². The molecule has 0 aliphatic heterocycles. The molecule has 0 bridgehead atoms. The zero-order chi connectivity index (χ0) is 24.0. The SMILES string of the molecule is CCOc1ccc([C@H](O)CCC(=O)N/N=C\c2cc(C)n(-c3ccc(Cl)cc3Cl)c2C)cc1. The molecular weight excluding hydrogens is 461 g/mol. The van der Waals surface area contributed by atoms with Gasteiger partial charge in [0.05, 0.1) is 29.6 Å². The maximum absolute atomic E-state index is 12.2. The number of halogens is 2. The molecule has 0 saturated carbocycles. The lowest BCUT2D eigenvalue weighted by Crippen LogP contribution is -2.18. The molecule has 0 saturated heterocycles. The molecule has 1 atom stereocenters. The molecule has 1 aromatic heterocycles. The van der Waals surface area contributed by atoms with Gasteiger partial charge in [-0.1, -0.05) is 35.3 Å². The summed E-state index contributed by atoms with van der Waals surface area (Å²) in [5.41, 5.74) is 6.85. The number of aliphatic hydroxyl groups is 1. The van der Waals surface area contributed by atoms with Gasteiger partial charge in [0.2, 0.25) is 5.91 Å². The van der Waals surface area contributed by atoms with E-state index in [9.17, 15) is 9.90 Å². The Labute approximate surface area is 203 Å². The Hall–Kier alpha value is -2.80. The van der Waals surface area contributed by atoms with Crippen LogP contribution in [0.4, 0.5) is 0 Å². The number of aliphatic hydroxyl groups excluding tert-OH is 1. The monoisotopic (exact) mass is 487 g/mol. The molecule has 1 heterocycles. The van der Waals surface area contributed by atoms with Crippen molar-refractivity contribution < 1.29 is 14.6 Å². The molecule has 0 radical (unpaired) electrons. The summed E-state index contributed by atoms with van der Waals surface area (Å²) in [5, 5.41) is 15.5. The number of carbonyl (C=O) groups is 1. The van der Waals surface area contributed by atoms with Gasteiger partial charge in [0.1, 0.15) is 5.75 Å². The summed E-state index contributed by atoms with van der Waals surface area (Å²) in [5.74, 6) is 0.476. The second-order valence-corrected chi connectivity index (χ2v) is 8.45. The number of aromatic nitrogens is 1. The first-order valence-corrected chi connectivity index (χ1v) is 11.4. The Kier molecular flexibility index (Phi) is 8.55. The lowest BCUT2D eigenvalue weighted by Gasteiger charge is -2.12. The minimum Gasteiger partial charge on any atom is -0.494 e. The van der Waals surface area contributed by atoms with Crippen LogP contribution in [0.15, 0.2) is 53.6 Å². The summed E-state index contributed by atoms with van der Waals surface area (Å²) < 4.78 is 7.41. The van der Waals surface area contributed by atoms with Crippen LogP contribution in [0.25, 0.3) is 5.69 Å². The molecule has 3 rings (SSSR count). The molecule has 1 amide bonds. The number of ether oxygens (including phenoxy) is 1. The normalized spacial score (nSPS) is 12.2. The van der Waals surface area contributed by atoms with Crippen LogP contribution in [0.2, 0.25) is 10.0 Å². The molecule has 0 aliphatic rings. The molecule has 33 heavy (non-hydrogen) atoms. The highest BCUT2D eigenvalue weighted by Gasteiger charge is 2.13. The van der Waals surface area contributed by atoms with Gasteiger partial charge in [-0.2, -0.15) is 5.10 Å². The Morgan fingerprint density at radius 3 is 2.58 bits per heavy atom. The maximum Gasteiger partial charge on any atom is 0.240 e. The van der Waals surface area contributed by atoms with E-state index in [2.05, 4.69) is 10.5 Å². The third-order valence-corrected chi connectivity index (χ3v) is 5.77. The topological polar surface area (TPSA) is 75.8 Å². The standard InChI is InChI=1S/C25H27Cl2N3O3/c1-4-33-21-8-5-18(6-9-21)24(31)11-12-25(32)29-28-15-19-13-16(2)30(17(19)3)23-10-7-20(26)14-22(23)27/h5-10,13-15,24,31H,4,11-12H2,1-3H3,(H,29,32)/b28-15-/t24-/m1/s1. The number of amides is 1. The smallest absolute Gasteiger partial charge is 0.240 e. The number of carbonyl (C=O) groups excluding carboxylic acids is 1. The van der Waals surface area contributed by atoms with Crippen molar-refractivity contribution in [2.45, 2.75) is 39.7 Å². The molecule has 2 N–H and O–H groups in total. The quantitative estimate of drug-likeness (QED) is 0.297. The van der Waals surface area contributed by atoms with Crippen LogP contribution in [-0.2, 0) is 4.79 Å². The first-order valence-electron chi connectivity index (χ1n) is 10.7. The Morgan fingerprint density at radius 1 is 1.18 bits per heavy atom. The largest absolute Gasteiger partial charge is 0.494 e. The molecule has 0 spiro atoms. The number of nitrogens with zero attached hydrogens (tertiary/aromatic N) is 2. The summed E-state index contributed by atoms with van der Waals surface area (Å²) in [6.07, 6.45) is 1.30. The number of aryl methyl sites for hydroxylation is 1.